The Balaban J connectivity index is 1.56. The van der Waals surface area contributed by atoms with Crippen LogP contribution in [0.1, 0.15) is 42.5 Å². The van der Waals surface area contributed by atoms with Gasteiger partial charge < -0.3 is 20.1 Å². The van der Waals surface area contributed by atoms with Crippen LogP contribution in [0.4, 0.5) is 29.1 Å². The summed E-state index contributed by atoms with van der Waals surface area (Å²) in [5.41, 5.74) is -0.361. The van der Waals surface area contributed by atoms with Gasteiger partial charge >= 0.3 is 12.2 Å². The molecule has 16 heteroatoms. The molecule has 3 heterocycles. The van der Waals surface area contributed by atoms with Gasteiger partial charge in [0.25, 0.3) is 15.9 Å². The number of carbonyl (C=O) groups excluding carboxylic acids is 2. The normalized spacial score (nSPS) is 17.1. The van der Waals surface area contributed by atoms with Crippen LogP contribution in [0.2, 0.25) is 5.02 Å². The first kappa shape index (κ1) is 29.0. The van der Waals surface area contributed by atoms with E-state index in [-0.39, 0.29) is 9.90 Å². The van der Waals surface area contributed by atoms with E-state index in [1.807, 2.05) is 5.32 Å². The van der Waals surface area contributed by atoms with E-state index in [1.54, 1.807) is 4.90 Å². The molecule has 3 N–H and O–H groups in total. The maximum Gasteiger partial charge on any atom is 0.506 e. The van der Waals surface area contributed by atoms with Gasteiger partial charge in [0.15, 0.2) is 11.6 Å². The van der Waals surface area contributed by atoms with Crippen LogP contribution in [0.15, 0.2) is 22.4 Å². The van der Waals surface area contributed by atoms with Crippen molar-refractivity contribution in [1.82, 2.24) is 9.62 Å². The van der Waals surface area contributed by atoms with Crippen LogP contribution in [0, 0.1) is 11.6 Å². The van der Waals surface area contributed by atoms with E-state index in [0.29, 0.717) is 56.2 Å². The number of imide groups is 1. The maximum absolute atomic E-state index is 13.6. The first-order chi connectivity index (χ1) is 18.5. The van der Waals surface area contributed by atoms with Gasteiger partial charge in [-0.3, -0.25) is 10.1 Å². The van der Waals surface area contributed by atoms with Gasteiger partial charge in [-0.25, -0.2) is 26.8 Å². The number of amides is 3. The highest BCUT2D eigenvalue weighted by Crippen LogP contribution is 2.41. The molecule has 0 saturated carbocycles. The standard InChI is InChI=1S/C23H25ClF2N4O7S2/c24-15-11-17(26)16(25)10-14(15)20(31)28-22(32)27-18-12-19(39(35,36)30-6-2-1-3-7-30)38-21(18)29-8-4-13(5-9-29)37-23(33)34/h10-13H,1-9H2,(H,33,34)(H2,27,28,31,32). The minimum Gasteiger partial charge on any atom is -0.450 e. The van der Waals surface area contributed by atoms with E-state index >= 15 is 0 Å². The number of nitrogens with one attached hydrogen (secondary N) is 2. The van der Waals surface area contributed by atoms with Crippen LogP contribution in [0.5, 0.6) is 0 Å². The summed E-state index contributed by atoms with van der Waals surface area (Å²) in [7, 11) is -3.86. The number of piperidine rings is 2. The monoisotopic (exact) mass is 606 g/mol. The highest BCUT2D eigenvalue weighted by atomic mass is 35.5. The number of carboxylic acid groups (broad SMARTS) is 1. The number of sulfonamides is 1. The number of halogens is 3. The van der Waals surface area contributed by atoms with Gasteiger partial charge in [0.1, 0.15) is 15.3 Å². The fraction of sp³-hybridized carbons (Fsp3) is 0.435. The van der Waals surface area contributed by atoms with Crippen molar-refractivity contribution in [1.29, 1.82) is 0 Å². The zero-order chi connectivity index (χ0) is 28.3. The average Bonchev–Trinajstić information content (AvgIpc) is 3.31. The van der Waals surface area contributed by atoms with E-state index in [2.05, 4.69) is 5.32 Å². The smallest absolute Gasteiger partial charge is 0.450 e. The molecule has 1 aromatic carbocycles. The molecule has 0 unspecified atom stereocenters. The second kappa shape index (κ2) is 12.0. The highest BCUT2D eigenvalue weighted by Gasteiger charge is 2.32. The predicted molar refractivity (Wildman–Crippen MR) is 139 cm³/mol. The first-order valence-corrected chi connectivity index (χ1v) is 14.6. The molecule has 3 amide bonds. The quantitative estimate of drug-likeness (QED) is 0.322. The van der Waals surface area contributed by atoms with Crippen molar-refractivity contribution in [3.8, 4) is 0 Å². The van der Waals surface area contributed by atoms with E-state index in [4.69, 9.17) is 21.4 Å². The molecule has 11 nitrogen and oxygen atoms in total. The lowest BCUT2D eigenvalue weighted by molar-refractivity contribution is 0.0416. The lowest BCUT2D eigenvalue weighted by Gasteiger charge is -2.32. The van der Waals surface area contributed by atoms with Gasteiger partial charge in [-0.15, -0.1) is 11.3 Å². The van der Waals surface area contributed by atoms with Crippen molar-refractivity contribution in [2.45, 2.75) is 42.4 Å². The molecule has 0 atom stereocenters. The maximum atomic E-state index is 13.6. The number of hydrogen-bond acceptors (Lipinski definition) is 8. The molecule has 1 aromatic heterocycles. The topological polar surface area (TPSA) is 145 Å². The summed E-state index contributed by atoms with van der Waals surface area (Å²) in [6.07, 6.45) is 1.18. The minimum atomic E-state index is -3.86. The van der Waals surface area contributed by atoms with Crippen molar-refractivity contribution in [3.05, 3.63) is 40.4 Å². The Labute approximate surface area is 231 Å². The van der Waals surface area contributed by atoms with Gasteiger partial charge in [-0.1, -0.05) is 18.0 Å². The van der Waals surface area contributed by atoms with Crippen molar-refractivity contribution in [3.63, 3.8) is 0 Å². The Bertz CT molecular complexity index is 1370. The molecule has 0 aliphatic carbocycles. The van der Waals surface area contributed by atoms with Gasteiger partial charge in [0.05, 0.1) is 16.3 Å². The summed E-state index contributed by atoms with van der Waals surface area (Å²) in [5.74, 6) is -3.68. The molecule has 2 aromatic rings. The SMILES string of the molecule is O=C(NC(=O)c1cc(F)c(F)cc1Cl)Nc1cc(S(=O)(=O)N2CCCCC2)sc1N1CCC(OC(=O)O)CC1. The Morgan fingerprint density at radius 1 is 1.03 bits per heavy atom. The predicted octanol–water partition coefficient (Wildman–Crippen LogP) is 4.48. The Kier molecular flexibility index (Phi) is 8.93. The summed E-state index contributed by atoms with van der Waals surface area (Å²) in [6, 6.07) is 1.42. The zero-order valence-corrected chi connectivity index (χ0v) is 22.8. The summed E-state index contributed by atoms with van der Waals surface area (Å²) >= 11 is 6.76. The summed E-state index contributed by atoms with van der Waals surface area (Å²) < 4.78 is 59.8. The van der Waals surface area contributed by atoms with E-state index < -0.39 is 56.4 Å². The Morgan fingerprint density at radius 3 is 2.31 bits per heavy atom. The molecule has 0 radical (unpaired) electrons. The van der Waals surface area contributed by atoms with Crippen LogP contribution in [-0.2, 0) is 14.8 Å². The lowest BCUT2D eigenvalue weighted by atomic mass is 10.1. The van der Waals surface area contributed by atoms with Crippen molar-refractivity contribution in [2.75, 3.05) is 36.4 Å². The number of anilines is 2. The molecule has 2 aliphatic heterocycles. The van der Waals surface area contributed by atoms with Crippen molar-refractivity contribution >= 4 is 61.7 Å². The molecule has 0 bridgehead atoms. The van der Waals surface area contributed by atoms with E-state index in [1.165, 1.54) is 10.4 Å². The van der Waals surface area contributed by atoms with Crippen LogP contribution in [0.25, 0.3) is 0 Å². The van der Waals surface area contributed by atoms with Crippen LogP contribution in [-0.4, -0.2) is 68.2 Å². The molecule has 4 rings (SSSR count). The molecule has 39 heavy (non-hydrogen) atoms. The number of benzene rings is 1. The molecular weight excluding hydrogens is 582 g/mol. The molecule has 2 saturated heterocycles. The van der Waals surface area contributed by atoms with E-state index in [0.717, 1.165) is 30.6 Å². The number of nitrogens with zero attached hydrogens (tertiary/aromatic N) is 2. The summed E-state index contributed by atoms with van der Waals surface area (Å²) in [4.78, 5) is 37.9. The third kappa shape index (κ3) is 6.77. The van der Waals surface area contributed by atoms with Crippen LogP contribution < -0.4 is 15.5 Å². The van der Waals surface area contributed by atoms with Crippen LogP contribution in [0.3, 0.4) is 0 Å². The number of carbonyl (C=O) groups is 3. The van der Waals surface area contributed by atoms with Gasteiger partial charge in [0, 0.05) is 39.0 Å². The second-order valence-electron chi connectivity index (χ2n) is 8.97. The summed E-state index contributed by atoms with van der Waals surface area (Å²) in [6.45, 7) is 1.39. The highest BCUT2D eigenvalue weighted by molar-refractivity contribution is 7.91. The van der Waals surface area contributed by atoms with Gasteiger partial charge in [-0.2, -0.15) is 4.31 Å². The molecule has 2 fully saturated rings. The fourth-order valence-corrected chi connectivity index (χ4v) is 7.75. The van der Waals surface area contributed by atoms with Crippen molar-refractivity contribution < 1.29 is 41.4 Å². The number of urea groups is 1. The minimum absolute atomic E-state index is 0.00594. The fourth-order valence-electron chi connectivity index (χ4n) is 4.38. The third-order valence-corrected chi connectivity index (χ3v) is 10.2. The number of hydrogen-bond donors (Lipinski definition) is 3. The first-order valence-electron chi connectivity index (χ1n) is 12.0. The molecular formula is C23H25ClF2N4O7S2. The largest absolute Gasteiger partial charge is 0.506 e. The Morgan fingerprint density at radius 2 is 1.67 bits per heavy atom. The number of ether oxygens (including phenoxy) is 1. The number of rotatable bonds is 6. The van der Waals surface area contributed by atoms with Gasteiger partial charge in [0.2, 0.25) is 0 Å². The molecule has 0 spiro atoms. The zero-order valence-electron chi connectivity index (χ0n) is 20.4. The lowest BCUT2D eigenvalue weighted by Crippen LogP contribution is -2.38. The molecule has 2 aliphatic rings. The third-order valence-electron chi connectivity index (χ3n) is 6.33. The van der Waals surface area contributed by atoms with E-state index in [9.17, 15) is 31.6 Å². The van der Waals surface area contributed by atoms with Gasteiger partial charge in [-0.05, 0) is 31.0 Å². The number of thiophene rings is 1. The van der Waals surface area contributed by atoms with Crippen LogP contribution >= 0.6 is 22.9 Å². The summed E-state index contributed by atoms with van der Waals surface area (Å²) in [5, 5.41) is 13.3. The second-order valence-corrected chi connectivity index (χ2v) is 12.6. The Hall–Kier alpha value is -3.01. The van der Waals surface area contributed by atoms with Crippen molar-refractivity contribution in [2.24, 2.45) is 0 Å². The molecule has 212 valence electrons. The average molecular weight is 607 g/mol.